The second-order valence-electron chi connectivity index (χ2n) is 11.1. The lowest BCUT2D eigenvalue weighted by Gasteiger charge is -2.11. The summed E-state index contributed by atoms with van der Waals surface area (Å²) in [7, 11) is 0. The van der Waals surface area contributed by atoms with Crippen molar-refractivity contribution in [2.24, 2.45) is 0 Å². The Morgan fingerprint density at radius 2 is 1.13 bits per heavy atom. The van der Waals surface area contributed by atoms with E-state index in [1.807, 2.05) is 48.5 Å². The minimum Gasteiger partial charge on any atom is -0.436 e. The van der Waals surface area contributed by atoms with Crippen molar-refractivity contribution in [3.8, 4) is 34.6 Å². The summed E-state index contributed by atoms with van der Waals surface area (Å²) in [5.41, 5.74) is 2.82. The summed E-state index contributed by atoms with van der Waals surface area (Å²) in [4.78, 5) is 24.9. The third-order valence-corrected chi connectivity index (χ3v) is 7.72. The van der Waals surface area contributed by atoms with Crippen LogP contribution in [0.25, 0.3) is 11.4 Å². The molecule has 0 radical (unpaired) electrons. The van der Waals surface area contributed by atoms with Crippen molar-refractivity contribution >= 4 is 23.2 Å². The summed E-state index contributed by atoms with van der Waals surface area (Å²) in [6.45, 7) is 1.72. The number of aromatic nitrogens is 6. The van der Waals surface area contributed by atoms with Gasteiger partial charge in [-0.25, -0.2) is 9.36 Å². The Hall–Kier alpha value is -5.60. The summed E-state index contributed by atoms with van der Waals surface area (Å²) in [6, 6.07) is 21.4. The van der Waals surface area contributed by atoms with Gasteiger partial charge in [0.1, 0.15) is 11.5 Å². The zero-order valence-electron chi connectivity index (χ0n) is 24.8. The molecule has 14 nitrogen and oxygen atoms in total. The fourth-order valence-corrected chi connectivity index (χ4v) is 5.39. The first-order valence-corrected chi connectivity index (χ1v) is 15.2. The SMILES string of the molecule is O=C(Nc1cccc(-n2cc(Oc3ccc(Oc4cn(-c5cccc(NC(=O)[C@@H]6CCCN6)c5)nn4)cc3)nn2)c1)[C@@H]1CCCN1. The molecule has 2 atom stereocenters. The van der Waals surface area contributed by atoms with Crippen LogP contribution >= 0.6 is 0 Å². The lowest BCUT2D eigenvalue weighted by Crippen LogP contribution is -2.35. The van der Waals surface area contributed by atoms with E-state index in [9.17, 15) is 9.59 Å². The molecule has 2 aliphatic rings. The van der Waals surface area contributed by atoms with Crippen molar-refractivity contribution in [1.82, 2.24) is 40.6 Å². The van der Waals surface area contributed by atoms with Gasteiger partial charge in [-0.05, 0) is 99.4 Å². The van der Waals surface area contributed by atoms with Crippen LogP contribution in [0.4, 0.5) is 11.4 Å². The van der Waals surface area contributed by atoms with Crippen LogP contribution in [0.15, 0.2) is 85.2 Å². The topological polar surface area (TPSA) is 162 Å². The maximum absolute atomic E-state index is 12.5. The zero-order chi connectivity index (χ0) is 31.3. The van der Waals surface area contributed by atoms with Crippen LogP contribution in [0.2, 0.25) is 0 Å². The van der Waals surface area contributed by atoms with Crippen molar-refractivity contribution < 1.29 is 19.1 Å². The molecule has 3 aromatic carbocycles. The number of rotatable bonds is 10. The van der Waals surface area contributed by atoms with E-state index in [-0.39, 0.29) is 23.9 Å². The lowest BCUT2D eigenvalue weighted by atomic mass is 10.2. The second kappa shape index (κ2) is 13.2. The van der Waals surface area contributed by atoms with Gasteiger partial charge in [-0.2, -0.15) is 0 Å². The van der Waals surface area contributed by atoms with Gasteiger partial charge in [-0.1, -0.05) is 32.8 Å². The Balaban J connectivity index is 0.944. The van der Waals surface area contributed by atoms with Gasteiger partial charge >= 0.3 is 0 Å². The van der Waals surface area contributed by atoms with E-state index in [1.54, 1.807) is 46.0 Å². The lowest BCUT2D eigenvalue weighted by molar-refractivity contribution is -0.118. The quantitative estimate of drug-likeness (QED) is 0.181. The smallest absolute Gasteiger partial charge is 0.259 e. The largest absolute Gasteiger partial charge is 0.436 e. The minimum absolute atomic E-state index is 0.0431. The molecular weight excluding hydrogens is 588 g/mol. The van der Waals surface area contributed by atoms with Crippen molar-refractivity contribution in [1.29, 1.82) is 0 Å². The summed E-state index contributed by atoms with van der Waals surface area (Å²) in [6.07, 6.45) is 6.98. The average molecular weight is 621 g/mol. The third-order valence-electron chi connectivity index (χ3n) is 7.72. The highest BCUT2D eigenvalue weighted by molar-refractivity contribution is 5.95. The highest BCUT2D eigenvalue weighted by atomic mass is 16.5. The average Bonchev–Trinajstić information content (AvgIpc) is 3.91. The molecule has 2 fully saturated rings. The Morgan fingerprint density at radius 1 is 0.674 bits per heavy atom. The number of hydrogen-bond acceptors (Lipinski definition) is 10. The van der Waals surface area contributed by atoms with Crippen molar-refractivity contribution in [3.05, 3.63) is 85.2 Å². The fraction of sp³-hybridized carbons (Fsp3) is 0.250. The normalized spacial score (nSPS) is 17.5. The van der Waals surface area contributed by atoms with Crippen LogP contribution in [-0.4, -0.2) is 67.0 Å². The van der Waals surface area contributed by atoms with E-state index in [2.05, 4.69) is 41.9 Å². The number of carbonyl (C=O) groups is 2. The van der Waals surface area contributed by atoms with E-state index in [1.165, 1.54) is 0 Å². The molecule has 0 bridgehead atoms. The van der Waals surface area contributed by atoms with Crippen LogP contribution < -0.4 is 30.7 Å². The predicted molar refractivity (Wildman–Crippen MR) is 169 cm³/mol. The van der Waals surface area contributed by atoms with Crippen LogP contribution in [0.1, 0.15) is 25.7 Å². The molecular formula is C32H32N10O4. The molecule has 0 unspecified atom stereocenters. The van der Waals surface area contributed by atoms with Crippen molar-refractivity contribution in [2.45, 2.75) is 37.8 Å². The molecule has 14 heteroatoms. The summed E-state index contributed by atoms with van der Waals surface area (Å²) >= 11 is 0. The first-order chi connectivity index (χ1) is 22.6. The Bertz CT molecular complexity index is 1690. The molecule has 4 N–H and O–H groups in total. The molecule has 2 saturated heterocycles. The summed E-state index contributed by atoms with van der Waals surface area (Å²) < 4.78 is 14.9. The monoisotopic (exact) mass is 620 g/mol. The highest BCUT2D eigenvalue weighted by Gasteiger charge is 2.23. The van der Waals surface area contributed by atoms with Crippen LogP contribution in [-0.2, 0) is 9.59 Å². The van der Waals surface area contributed by atoms with Gasteiger partial charge in [0.2, 0.25) is 11.8 Å². The van der Waals surface area contributed by atoms with Crippen molar-refractivity contribution in [3.63, 3.8) is 0 Å². The molecule has 46 heavy (non-hydrogen) atoms. The molecule has 5 aromatic rings. The summed E-state index contributed by atoms with van der Waals surface area (Å²) in [5.74, 6) is 1.61. The van der Waals surface area contributed by atoms with E-state index in [0.29, 0.717) is 34.6 Å². The van der Waals surface area contributed by atoms with Gasteiger partial charge in [0.25, 0.3) is 11.8 Å². The molecule has 0 spiro atoms. The second-order valence-corrected chi connectivity index (χ2v) is 11.1. The number of anilines is 2. The number of nitrogens with one attached hydrogen (secondary N) is 4. The van der Waals surface area contributed by atoms with Crippen LogP contribution in [0.3, 0.4) is 0 Å². The van der Waals surface area contributed by atoms with Crippen molar-refractivity contribution in [2.75, 3.05) is 23.7 Å². The number of benzene rings is 3. The molecule has 2 aliphatic heterocycles. The highest BCUT2D eigenvalue weighted by Crippen LogP contribution is 2.26. The number of nitrogens with zero attached hydrogens (tertiary/aromatic N) is 6. The fourth-order valence-electron chi connectivity index (χ4n) is 5.39. The zero-order valence-corrected chi connectivity index (χ0v) is 24.8. The molecule has 7 rings (SSSR count). The Labute approximate surface area is 264 Å². The number of amides is 2. The molecule has 2 aromatic heterocycles. The van der Waals surface area contributed by atoms with E-state index < -0.39 is 0 Å². The number of hydrogen-bond donors (Lipinski definition) is 4. The van der Waals surface area contributed by atoms with Gasteiger partial charge in [-0.15, -0.1) is 0 Å². The first-order valence-electron chi connectivity index (χ1n) is 15.2. The van der Waals surface area contributed by atoms with Gasteiger partial charge in [0, 0.05) is 11.4 Å². The Morgan fingerprint density at radius 3 is 1.54 bits per heavy atom. The molecule has 2 amide bonds. The minimum atomic E-state index is -0.163. The maximum atomic E-state index is 12.5. The van der Waals surface area contributed by atoms with Gasteiger partial charge in [0.05, 0.1) is 35.9 Å². The van der Waals surface area contributed by atoms with Crippen LogP contribution in [0.5, 0.6) is 23.3 Å². The molecule has 234 valence electrons. The standard InChI is InChI=1S/C32H32N10O4/c43-31(27-9-3-15-33-27)35-21-5-1-7-23(17-21)41-19-29(37-39-41)45-25-11-13-26(14-12-25)46-30-20-42(40-38-30)24-8-2-6-22(18-24)36-32(44)28-10-4-16-34-28/h1-2,5-8,11-14,17-20,27-28,33-34H,3-4,9-10,15-16H2,(H,35,43)(H,36,44)/t27-,28-/m0/s1. The number of ether oxygens (including phenoxy) is 2. The van der Waals surface area contributed by atoms with Gasteiger partial charge in [-0.3, -0.25) is 9.59 Å². The number of carbonyl (C=O) groups excluding carboxylic acids is 2. The molecule has 0 saturated carbocycles. The van der Waals surface area contributed by atoms with Crippen LogP contribution in [0, 0.1) is 0 Å². The third kappa shape index (κ3) is 6.87. The van der Waals surface area contributed by atoms with Gasteiger partial charge < -0.3 is 30.7 Å². The van der Waals surface area contributed by atoms with E-state index in [0.717, 1.165) is 50.1 Å². The molecule has 0 aliphatic carbocycles. The van der Waals surface area contributed by atoms with Gasteiger partial charge in [0.15, 0.2) is 0 Å². The molecule has 4 heterocycles. The van der Waals surface area contributed by atoms with E-state index >= 15 is 0 Å². The maximum Gasteiger partial charge on any atom is 0.259 e. The predicted octanol–water partition coefficient (Wildman–Crippen LogP) is 3.81. The first kappa shape index (κ1) is 29.1. The summed E-state index contributed by atoms with van der Waals surface area (Å²) in [5, 5.41) is 28.9. The van der Waals surface area contributed by atoms with E-state index in [4.69, 9.17) is 9.47 Å². The Kier molecular flexibility index (Phi) is 8.34.